The number of carboxylic acids is 2. The molecule has 4 rings (SSSR count). The molecule has 9 nitrogen and oxygen atoms in total. The molecule has 0 spiro atoms. The van der Waals surface area contributed by atoms with Crippen LogP contribution in [-0.2, 0) is 22.6 Å². The van der Waals surface area contributed by atoms with Crippen LogP contribution in [-0.4, -0.2) is 34.1 Å². The van der Waals surface area contributed by atoms with Crippen LogP contribution in [0.25, 0.3) is 6.08 Å². The highest BCUT2D eigenvalue weighted by atomic mass is 35.5. The minimum atomic E-state index is -1.11. The Morgan fingerprint density at radius 2 is 1.45 bits per heavy atom. The third kappa shape index (κ3) is 11.2. The van der Waals surface area contributed by atoms with E-state index >= 15 is 0 Å². The molecule has 0 aliphatic carbocycles. The van der Waals surface area contributed by atoms with Crippen LogP contribution in [0.3, 0.4) is 0 Å². The number of nitrogens with one attached hydrogen (secondary N) is 1. The van der Waals surface area contributed by atoms with Gasteiger partial charge >= 0.3 is 11.9 Å². The molecular formula is C32H32ClN3O6. The topological polar surface area (TPSA) is 165 Å². The van der Waals surface area contributed by atoms with Crippen molar-refractivity contribution in [3.8, 4) is 11.5 Å². The van der Waals surface area contributed by atoms with Gasteiger partial charge in [0.2, 0.25) is 0 Å². The largest absolute Gasteiger partial charge is 0.480 e. The van der Waals surface area contributed by atoms with Crippen molar-refractivity contribution in [2.24, 2.45) is 5.73 Å². The third-order valence-corrected chi connectivity index (χ3v) is 5.73. The maximum atomic E-state index is 12.4. The predicted octanol–water partition coefficient (Wildman–Crippen LogP) is 5.15. The molecule has 0 saturated heterocycles. The van der Waals surface area contributed by atoms with Gasteiger partial charge in [0.05, 0.1) is 0 Å². The summed E-state index contributed by atoms with van der Waals surface area (Å²) >= 11 is 0. The Balaban J connectivity index is 0.000000399. The molecule has 0 heterocycles. The van der Waals surface area contributed by atoms with Crippen molar-refractivity contribution in [2.45, 2.75) is 19.0 Å². The Morgan fingerprint density at radius 1 is 0.810 bits per heavy atom. The molecule has 42 heavy (non-hydrogen) atoms. The molecule has 4 aromatic rings. The van der Waals surface area contributed by atoms with Crippen molar-refractivity contribution in [3.05, 3.63) is 131 Å². The molecule has 1 amide bonds. The standard InChI is InChI=1S/C23H22N2O4.C9H9NO2.ClH/c24-15-16-9-11-18(12-10-16)22(26)25-21(23(27)28)14-17-5-4-8-20(13-17)29-19-6-2-1-3-7-19;10-8-4-1-7(2-5-8)3-6-9(11)12;/h1-13,21H,14-15,24H2,(H,25,26)(H,27,28);1-6H,10H2,(H,11,12);1H. The van der Waals surface area contributed by atoms with Gasteiger partial charge in [0.1, 0.15) is 17.5 Å². The molecule has 0 aliphatic heterocycles. The van der Waals surface area contributed by atoms with Gasteiger partial charge in [-0.05, 0) is 71.3 Å². The zero-order valence-electron chi connectivity index (χ0n) is 22.6. The Bertz CT molecular complexity index is 1480. The van der Waals surface area contributed by atoms with Crippen molar-refractivity contribution in [1.82, 2.24) is 5.32 Å². The minimum absolute atomic E-state index is 0. The van der Waals surface area contributed by atoms with E-state index in [0.29, 0.717) is 29.3 Å². The molecule has 0 saturated carbocycles. The molecular weight excluding hydrogens is 558 g/mol. The van der Waals surface area contributed by atoms with E-state index in [4.69, 9.17) is 21.3 Å². The molecule has 1 unspecified atom stereocenters. The van der Waals surface area contributed by atoms with Gasteiger partial charge in [0.15, 0.2) is 0 Å². The minimum Gasteiger partial charge on any atom is -0.480 e. The highest BCUT2D eigenvalue weighted by Gasteiger charge is 2.21. The average Bonchev–Trinajstić information content (AvgIpc) is 2.97. The van der Waals surface area contributed by atoms with Gasteiger partial charge in [0.25, 0.3) is 5.91 Å². The molecule has 0 aromatic heterocycles. The van der Waals surface area contributed by atoms with E-state index in [-0.39, 0.29) is 18.8 Å². The number of aliphatic carboxylic acids is 2. The molecule has 1 atom stereocenters. The van der Waals surface area contributed by atoms with E-state index in [9.17, 15) is 19.5 Å². The fraction of sp³-hybridized carbons (Fsp3) is 0.0938. The van der Waals surface area contributed by atoms with E-state index in [1.165, 1.54) is 6.08 Å². The molecule has 7 N–H and O–H groups in total. The second-order valence-electron chi connectivity index (χ2n) is 8.87. The van der Waals surface area contributed by atoms with Gasteiger partial charge in [-0.1, -0.05) is 54.6 Å². The summed E-state index contributed by atoms with van der Waals surface area (Å²) in [7, 11) is 0. The van der Waals surface area contributed by atoms with E-state index in [2.05, 4.69) is 5.32 Å². The van der Waals surface area contributed by atoms with Gasteiger partial charge in [-0.25, -0.2) is 9.59 Å². The molecule has 0 radical (unpaired) electrons. The smallest absolute Gasteiger partial charge is 0.328 e. The lowest BCUT2D eigenvalue weighted by Crippen LogP contribution is -2.42. The van der Waals surface area contributed by atoms with Crippen LogP contribution in [0.5, 0.6) is 11.5 Å². The first-order valence-electron chi connectivity index (χ1n) is 12.6. The number of nitrogens with two attached hydrogens (primary N) is 2. The lowest BCUT2D eigenvalue weighted by Gasteiger charge is -2.15. The summed E-state index contributed by atoms with van der Waals surface area (Å²) in [5.41, 5.74) is 14.5. The monoisotopic (exact) mass is 589 g/mol. The van der Waals surface area contributed by atoms with Crippen LogP contribution in [0.15, 0.2) is 109 Å². The number of halogens is 1. The SMILES string of the molecule is Cl.NCc1ccc(C(=O)NC(Cc2cccc(Oc3ccccc3)c2)C(=O)O)cc1.Nc1ccc(C=CC(=O)O)cc1. The summed E-state index contributed by atoms with van der Waals surface area (Å²) in [5, 5.41) is 20.4. The highest BCUT2D eigenvalue weighted by Crippen LogP contribution is 2.22. The van der Waals surface area contributed by atoms with E-state index in [0.717, 1.165) is 22.8 Å². The number of nitrogen functional groups attached to an aromatic ring is 1. The van der Waals surface area contributed by atoms with Gasteiger partial charge < -0.3 is 31.7 Å². The van der Waals surface area contributed by atoms with Crippen molar-refractivity contribution >= 4 is 42.0 Å². The summed E-state index contributed by atoms with van der Waals surface area (Å²) in [6, 6.07) is 29.1. The quantitative estimate of drug-likeness (QED) is 0.125. The number of benzene rings is 4. The molecule has 0 fully saturated rings. The number of carbonyl (C=O) groups excluding carboxylic acids is 1. The van der Waals surface area contributed by atoms with Gasteiger partial charge in [-0.15, -0.1) is 12.4 Å². The van der Waals surface area contributed by atoms with Gasteiger partial charge in [0, 0.05) is 30.3 Å². The fourth-order valence-corrected chi connectivity index (χ4v) is 3.60. The maximum absolute atomic E-state index is 12.4. The van der Waals surface area contributed by atoms with E-state index in [1.54, 1.807) is 72.8 Å². The number of carbonyl (C=O) groups is 3. The normalized spacial score (nSPS) is 10.9. The lowest BCUT2D eigenvalue weighted by atomic mass is 10.0. The average molecular weight is 590 g/mol. The second-order valence-corrected chi connectivity index (χ2v) is 8.87. The molecule has 10 heteroatoms. The number of para-hydroxylation sites is 1. The van der Waals surface area contributed by atoms with Gasteiger partial charge in [-0.2, -0.15) is 0 Å². The fourth-order valence-electron chi connectivity index (χ4n) is 3.60. The third-order valence-electron chi connectivity index (χ3n) is 5.73. The summed E-state index contributed by atoms with van der Waals surface area (Å²) in [4.78, 5) is 34.2. The predicted molar refractivity (Wildman–Crippen MR) is 165 cm³/mol. The first kappa shape index (κ1) is 33.1. The summed E-state index contributed by atoms with van der Waals surface area (Å²) in [5.74, 6) is -1.22. The van der Waals surface area contributed by atoms with Crippen LogP contribution < -0.4 is 21.5 Å². The zero-order chi connectivity index (χ0) is 29.6. The van der Waals surface area contributed by atoms with Crippen molar-refractivity contribution in [2.75, 3.05) is 5.73 Å². The van der Waals surface area contributed by atoms with Crippen molar-refractivity contribution in [1.29, 1.82) is 0 Å². The second kappa shape index (κ2) is 16.9. The first-order chi connectivity index (χ1) is 19.7. The van der Waals surface area contributed by atoms with Crippen LogP contribution >= 0.6 is 12.4 Å². The Morgan fingerprint density at radius 3 is 2.05 bits per heavy atom. The summed E-state index contributed by atoms with van der Waals surface area (Å²) in [6.07, 6.45) is 2.74. The number of carboxylic acid groups (broad SMARTS) is 2. The van der Waals surface area contributed by atoms with Crippen LogP contribution in [0, 0.1) is 0 Å². The summed E-state index contributed by atoms with van der Waals surface area (Å²) in [6.45, 7) is 0.376. The number of amides is 1. The lowest BCUT2D eigenvalue weighted by molar-refractivity contribution is -0.139. The van der Waals surface area contributed by atoms with Gasteiger partial charge in [-0.3, -0.25) is 4.79 Å². The molecule has 218 valence electrons. The van der Waals surface area contributed by atoms with Crippen LogP contribution in [0.1, 0.15) is 27.0 Å². The number of ether oxygens (including phenoxy) is 1. The number of rotatable bonds is 10. The Kier molecular flexibility index (Phi) is 13.3. The number of hydrogen-bond acceptors (Lipinski definition) is 6. The first-order valence-corrected chi connectivity index (χ1v) is 12.6. The van der Waals surface area contributed by atoms with Crippen molar-refractivity contribution in [3.63, 3.8) is 0 Å². The zero-order valence-corrected chi connectivity index (χ0v) is 23.4. The number of anilines is 1. The molecule has 0 bridgehead atoms. The summed E-state index contributed by atoms with van der Waals surface area (Å²) < 4.78 is 5.79. The molecule has 0 aliphatic rings. The maximum Gasteiger partial charge on any atom is 0.328 e. The highest BCUT2D eigenvalue weighted by molar-refractivity contribution is 5.96. The van der Waals surface area contributed by atoms with Crippen molar-refractivity contribution < 1.29 is 29.3 Å². The van der Waals surface area contributed by atoms with E-state index < -0.39 is 23.9 Å². The Labute approximate surface area is 249 Å². The van der Waals surface area contributed by atoms with Crippen LogP contribution in [0.2, 0.25) is 0 Å². The Hall–Kier alpha value is -5.12. The van der Waals surface area contributed by atoms with Crippen LogP contribution in [0.4, 0.5) is 5.69 Å². The van der Waals surface area contributed by atoms with E-state index in [1.807, 2.05) is 30.3 Å². The molecule has 4 aromatic carbocycles. The number of hydrogen-bond donors (Lipinski definition) is 5.